The van der Waals surface area contributed by atoms with Crippen LogP contribution in [0.15, 0.2) is 42.5 Å². The molecule has 2 aliphatic rings. The van der Waals surface area contributed by atoms with Crippen LogP contribution < -0.4 is 9.47 Å². The molecule has 4 rings (SSSR count). The lowest BCUT2D eigenvalue weighted by atomic mass is 9.68. The number of rotatable bonds is 8. The van der Waals surface area contributed by atoms with Crippen molar-refractivity contribution in [2.75, 3.05) is 34.4 Å². The van der Waals surface area contributed by atoms with Gasteiger partial charge < -0.3 is 14.2 Å². The van der Waals surface area contributed by atoms with Crippen molar-refractivity contribution in [2.45, 2.75) is 44.2 Å². The van der Waals surface area contributed by atoms with E-state index < -0.39 is 0 Å². The van der Waals surface area contributed by atoms with Gasteiger partial charge in [-0.2, -0.15) is 0 Å². The smallest absolute Gasteiger partial charge is 0.122 e. The van der Waals surface area contributed by atoms with E-state index in [4.69, 9.17) is 14.2 Å². The average Bonchev–Trinajstić information content (AvgIpc) is 3.23. The summed E-state index contributed by atoms with van der Waals surface area (Å²) in [6, 6.07) is 15.4. The van der Waals surface area contributed by atoms with Gasteiger partial charge >= 0.3 is 0 Å². The fourth-order valence-corrected chi connectivity index (χ4v) is 4.87. The predicted molar refractivity (Wildman–Crippen MR) is 116 cm³/mol. The number of likely N-dealkylation sites (tertiary alicyclic amines) is 1. The maximum atomic E-state index is 5.90. The Morgan fingerprint density at radius 1 is 0.897 bits per heavy atom. The molecule has 2 fully saturated rings. The van der Waals surface area contributed by atoms with E-state index in [0.717, 1.165) is 36.4 Å². The van der Waals surface area contributed by atoms with Gasteiger partial charge in [0.2, 0.25) is 0 Å². The molecule has 29 heavy (non-hydrogen) atoms. The predicted octanol–water partition coefficient (Wildman–Crippen LogP) is 5.18. The summed E-state index contributed by atoms with van der Waals surface area (Å²) in [5.41, 5.74) is 4.03. The molecular formula is C25H33NO3. The zero-order valence-corrected chi connectivity index (χ0v) is 17.9. The van der Waals surface area contributed by atoms with Crippen LogP contribution in [-0.4, -0.2) is 39.3 Å². The van der Waals surface area contributed by atoms with E-state index in [1.54, 1.807) is 21.3 Å². The summed E-state index contributed by atoms with van der Waals surface area (Å²) in [4.78, 5) is 2.56. The van der Waals surface area contributed by atoms with Crippen LogP contribution in [0, 0.1) is 5.92 Å². The SMILES string of the molecule is COc1cc(OC)cc(C(OC)C2CC(c3ccc(CN4CCCC4)cc3)C2)c1. The van der Waals surface area contributed by atoms with Crippen molar-refractivity contribution in [1.82, 2.24) is 4.90 Å². The topological polar surface area (TPSA) is 30.9 Å². The van der Waals surface area contributed by atoms with Crippen LogP contribution in [0.4, 0.5) is 0 Å². The van der Waals surface area contributed by atoms with E-state index in [-0.39, 0.29) is 6.10 Å². The van der Waals surface area contributed by atoms with Crippen LogP contribution in [0.1, 0.15) is 54.4 Å². The van der Waals surface area contributed by atoms with Crippen LogP contribution in [0.3, 0.4) is 0 Å². The van der Waals surface area contributed by atoms with Crippen LogP contribution >= 0.6 is 0 Å². The summed E-state index contributed by atoms with van der Waals surface area (Å²) in [7, 11) is 5.18. The molecule has 1 aliphatic carbocycles. The monoisotopic (exact) mass is 395 g/mol. The van der Waals surface area contributed by atoms with Gasteiger partial charge in [0.1, 0.15) is 11.5 Å². The standard InChI is InChI=1S/C25H33NO3/c1-27-23-14-22(15-24(16-23)28-2)25(29-3)21-12-20(13-21)19-8-6-18(7-9-19)17-26-10-4-5-11-26/h6-9,14-16,20-21,25H,4-5,10-13,17H2,1-3H3. The Balaban J connectivity index is 1.38. The number of hydrogen-bond acceptors (Lipinski definition) is 4. The van der Waals surface area contributed by atoms with E-state index in [0.29, 0.717) is 11.8 Å². The second-order valence-corrected chi connectivity index (χ2v) is 8.46. The summed E-state index contributed by atoms with van der Waals surface area (Å²) < 4.78 is 16.8. The van der Waals surface area contributed by atoms with E-state index >= 15 is 0 Å². The molecule has 156 valence electrons. The maximum Gasteiger partial charge on any atom is 0.122 e. The number of nitrogens with zero attached hydrogens (tertiary/aromatic N) is 1. The second-order valence-electron chi connectivity index (χ2n) is 8.46. The highest BCUT2D eigenvalue weighted by Gasteiger charge is 2.37. The lowest BCUT2D eigenvalue weighted by Gasteiger charge is -2.40. The van der Waals surface area contributed by atoms with E-state index in [1.165, 1.54) is 37.1 Å². The van der Waals surface area contributed by atoms with Crippen LogP contribution in [0.2, 0.25) is 0 Å². The molecule has 4 heteroatoms. The molecular weight excluding hydrogens is 362 g/mol. The quantitative estimate of drug-likeness (QED) is 0.616. The first kappa shape index (κ1) is 20.2. The lowest BCUT2D eigenvalue weighted by Crippen LogP contribution is -2.28. The highest BCUT2D eigenvalue weighted by atomic mass is 16.5. The minimum absolute atomic E-state index is 0.0738. The third-order valence-electron chi connectivity index (χ3n) is 6.61. The lowest BCUT2D eigenvalue weighted by molar-refractivity contribution is 0.00825. The van der Waals surface area contributed by atoms with Gasteiger partial charge in [0.15, 0.2) is 0 Å². The van der Waals surface area contributed by atoms with Crippen LogP contribution in [0.5, 0.6) is 11.5 Å². The number of benzene rings is 2. The third-order valence-corrected chi connectivity index (χ3v) is 6.61. The molecule has 4 nitrogen and oxygen atoms in total. The molecule has 0 amide bonds. The molecule has 1 unspecified atom stereocenters. The number of ether oxygens (including phenoxy) is 3. The van der Waals surface area contributed by atoms with Gasteiger partial charge in [-0.3, -0.25) is 4.90 Å². The Morgan fingerprint density at radius 2 is 1.52 bits per heavy atom. The van der Waals surface area contributed by atoms with Gasteiger partial charge in [0, 0.05) is 19.7 Å². The van der Waals surface area contributed by atoms with Gasteiger partial charge in [-0.25, -0.2) is 0 Å². The average molecular weight is 396 g/mol. The normalized spacial score (nSPS) is 22.9. The molecule has 1 saturated carbocycles. The van der Waals surface area contributed by atoms with Gasteiger partial charge in [0.05, 0.1) is 20.3 Å². The Kier molecular flexibility index (Phi) is 6.41. The Labute approximate surface area is 174 Å². The molecule has 0 radical (unpaired) electrons. The van der Waals surface area contributed by atoms with Gasteiger partial charge in [-0.1, -0.05) is 24.3 Å². The number of hydrogen-bond donors (Lipinski definition) is 0. The summed E-state index contributed by atoms with van der Waals surface area (Å²) in [5, 5.41) is 0. The van der Waals surface area contributed by atoms with E-state index in [9.17, 15) is 0 Å². The number of methoxy groups -OCH3 is 3. The first-order valence-electron chi connectivity index (χ1n) is 10.8. The minimum Gasteiger partial charge on any atom is -0.497 e. The summed E-state index contributed by atoms with van der Waals surface area (Å²) in [6.07, 6.45) is 5.08. The van der Waals surface area contributed by atoms with Crippen molar-refractivity contribution < 1.29 is 14.2 Å². The minimum atomic E-state index is 0.0738. The largest absolute Gasteiger partial charge is 0.497 e. The molecule has 2 aromatic rings. The fourth-order valence-electron chi connectivity index (χ4n) is 4.87. The molecule has 1 atom stereocenters. The van der Waals surface area contributed by atoms with E-state index in [1.807, 2.05) is 6.07 Å². The van der Waals surface area contributed by atoms with Crippen molar-refractivity contribution in [3.63, 3.8) is 0 Å². The molecule has 0 aromatic heterocycles. The molecule has 2 aromatic carbocycles. The van der Waals surface area contributed by atoms with Crippen molar-refractivity contribution in [3.05, 3.63) is 59.2 Å². The zero-order chi connectivity index (χ0) is 20.2. The summed E-state index contributed by atoms with van der Waals surface area (Å²) >= 11 is 0. The van der Waals surface area contributed by atoms with Gasteiger partial charge in [-0.05, 0) is 79.4 Å². The zero-order valence-electron chi connectivity index (χ0n) is 17.9. The summed E-state index contributed by atoms with van der Waals surface area (Å²) in [5.74, 6) is 2.77. The maximum absolute atomic E-state index is 5.90. The third kappa shape index (κ3) is 4.59. The first-order chi connectivity index (χ1) is 14.2. The molecule has 1 aliphatic heterocycles. The second kappa shape index (κ2) is 9.19. The van der Waals surface area contributed by atoms with Crippen LogP contribution in [-0.2, 0) is 11.3 Å². The van der Waals surface area contributed by atoms with Gasteiger partial charge in [-0.15, -0.1) is 0 Å². The van der Waals surface area contributed by atoms with Crippen molar-refractivity contribution in [3.8, 4) is 11.5 Å². The van der Waals surface area contributed by atoms with E-state index in [2.05, 4.69) is 41.3 Å². The highest BCUT2D eigenvalue weighted by molar-refractivity contribution is 5.40. The molecule has 0 spiro atoms. The van der Waals surface area contributed by atoms with Crippen LogP contribution in [0.25, 0.3) is 0 Å². The fraction of sp³-hybridized carbons (Fsp3) is 0.520. The van der Waals surface area contributed by atoms with Crippen molar-refractivity contribution in [1.29, 1.82) is 0 Å². The molecule has 0 N–H and O–H groups in total. The Hall–Kier alpha value is -2.04. The van der Waals surface area contributed by atoms with Crippen molar-refractivity contribution >= 4 is 0 Å². The Morgan fingerprint density at radius 3 is 2.07 bits per heavy atom. The molecule has 1 heterocycles. The van der Waals surface area contributed by atoms with Crippen molar-refractivity contribution in [2.24, 2.45) is 5.92 Å². The first-order valence-corrected chi connectivity index (χ1v) is 10.8. The summed E-state index contributed by atoms with van der Waals surface area (Å²) in [6.45, 7) is 3.59. The highest BCUT2D eigenvalue weighted by Crippen LogP contribution is 2.49. The molecule has 1 saturated heterocycles. The Bertz CT molecular complexity index is 770. The molecule has 0 bridgehead atoms. The van der Waals surface area contributed by atoms with Gasteiger partial charge in [0.25, 0.3) is 0 Å².